The van der Waals surface area contributed by atoms with Crippen molar-refractivity contribution < 1.29 is 19.0 Å². The van der Waals surface area contributed by atoms with Crippen LogP contribution in [0.4, 0.5) is 4.39 Å². The summed E-state index contributed by atoms with van der Waals surface area (Å²) in [5.74, 6) is -0.648. The first kappa shape index (κ1) is 13.8. The maximum absolute atomic E-state index is 13.6. The fourth-order valence-electron chi connectivity index (χ4n) is 2.14. The molecule has 0 saturated heterocycles. The highest BCUT2D eigenvalue weighted by molar-refractivity contribution is 5.78. The van der Waals surface area contributed by atoms with Gasteiger partial charge in [0, 0.05) is 12.0 Å². The number of rotatable bonds is 3. The van der Waals surface area contributed by atoms with Crippen molar-refractivity contribution in [3.63, 3.8) is 0 Å². The third kappa shape index (κ3) is 3.02. The smallest absolute Gasteiger partial charge is 0.234 e. The first-order chi connectivity index (χ1) is 9.13. The zero-order chi connectivity index (χ0) is 13.8. The van der Waals surface area contributed by atoms with Crippen molar-refractivity contribution in [3.05, 3.63) is 29.6 Å². The molecule has 6 heteroatoms. The Hall–Kier alpha value is -1.66. The summed E-state index contributed by atoms with van der Waals surface area (Å²) in [4.78, 5) is 11.5. The van der Waals surface area contributed by atoms with E-state index in [4.69, 9.17) is 4.74 Å². The van der Waals surface area contributed by atoms with E-state index in [1.165, 1.54) is 12.1 Å². The number of fused-ring (bicyclic) bond motifs is 1. The highest BCUT2D eigenvalue weighted by atomic mass is 19.1. The average Bonchev–Trinajstić information content (AvgIpc) is 2.53. The summed E-state index contributed by atoms with van der Waals surface area (Å²) in [6.07, 6.45) is -0.556. The van der Waals surface area contributed by atoms with Crippen LogP contribution in [0.5, 0.6) is 5.75 Å². The van der Waals surface area contributed by atoms with Gasteiger partial charge in [-0.1, -0.05) is 12.1 Å². The second-order valence-corrected chi connectivity index (χ2v) is 4.44. The number of likely N-dealkylation sites (N-methyl/N-ethyl adjacent to an activating group) is 1. The summed E-state index contributed by atoms with van der Waals surface area (Å²) in [5, 5.41) is 15.7. The molecule has 0 aromatic heterocycles. The van der Waals surface area contributed by atoms with Crippen molar-refractivity contribution in [2.24, 2.45) is 0 Å². The third-order valence-electron chi connectivity index (χ3n) is 3.06. The Morgan fingerprint density at radius 1 is 1.58 bits per heavy atom. The van der Waals surface area contributed by atoms with Gasteiger partial charge in [0.15, 0.2) is 11.6 Å². The number of halogens is 1. The van der Waals surface area contributed by atoms with E-state index in [9.17, 15) is 14.3 Å². The molecule has 1 aliphatic heterocycles. The fourth-order valence-corrected chi connectivity index (χ4v) is 2.14. The lowest BCUT2D eigenvalue weighted by molar-refractivity contribution is -0.121. The fraction of sp³-hybridized carbons (Fsp3) is 0.462. The highest BCUT2D eigenvalue weighted by Crippen LogP contribution is 2.33. The Labute approximate surface area is 110 Å². The van der Waals surface area contributed by atoms with Crippen LogP contribution in [-0.4, -0.2) is 37.3 Å². The molecule has 0 bridgehead atoms. The predicted octanol–water partition coefficient (Wildman–Crippen LogP) is 0.346. The number of carbonyl (C=O) groups excluding carboxylic acids is 1. The van der Waals surface area contributed by atoms with Gasteiger partial charge in [-0.05, 0) is 13.1 Å². The molecule has 2 atom stereocenters. The van der Waals surface area contributed by atoms with Crippen LogP contribution in [0, 0.1) is 5.82 Å². The van der Waals surface area contributed by atoms with Crippen molar-refractivity contribution in [2.75, 3.05) is 20.2 Å². The van der Waals surface area contributed by atoms with Crippen LogP contribution < -0.4 is 15.4 Å². The van der Waals surface area contributed by atoms with Gasteiger partial charge >= 0.3 is 0 Å². The molecule has 1 aromatic carbocycles. The zero-order valence-electron chi connectivity index (χ0n) is 10.6. The molecule has 104 valence electrons. The van der Waals surface area contributed by atoms with Gasteiger partial charge in [0.2, 0.25) is 5.91 Å². The molecule has 1 aromatic rings. The number of para-hydroxylation sites is 1. The van der Waals surface area contributed by atoms with Gasteiger partial charge in [0.05, 0.1) is 19.2 Å². The highest BCUT2D eigenvalue weighted by Gasteiger charge is 2.29. The second-order valence-electron chi connectivity index (χ2n) is 4.44. The average molecular weight is 268 g/mol. The molecule has 0 saturated carbocycles. The normalized spacial score (nSPS) is 22.1. The summed E-state index contributed by atoms with van der Waals surface area (Å²) in [6.45, 7) is 0.412. The summed E-state index contributed by atoms with van der Waals surface area (Å²) in [6, 6.07) is 3.92. The van der Waals surface area contributed by atoms with Gasteiger partial charge in [0.1, 0.15) is 6.10 Å². The lowest BCUT2D eigenvalue weighted by Crippen LogP contribution is -2.43. The summed E-state index contributed by atoms with van der Waals surface area (Å²) < 4.78 is 18.9. The minimum Gasteiger partial charge on any atom is -0.490 e. The maximum Gasteiger partial charge on any atom is 0.234 e. The van der Waals surface area contributed by atoms with E-state index in [2.05, 4.69) is 10.6 Å². The first-order valence-corrected chi connectivity index (χ1v) is 6.16. The predicted molar refractivity (Wildman–Crippen MR) is 67.3 cm³/mol. The van der Waals surface area contributed by atoms with E-state index in [-0.39, 0.29) is 24.8 Å². The Bertz CT molecular complexity index is 467. The molecule has 5 nitrogen and oxygen atoms in total. The van der Waals surface area contributed by atoms with Crippen LogP contribution in [0.25, 0.3) is 0 Å². The zero-order valence-corrected chi connectivity index (χ0v) is 10.6. The van der Waals surface area contributed by atoms with Crippen molar-refractivity contribution in [2.45, 2.75) is 18.6 Å². The number of aliphatic hydroxyl groups excluding tert-OH is 1. The minimum absolute atomic E-state index is 0.0698. The summed E-state index contributed by atoms with van der Waals surface area (Å²) >= 11 is 0. The van der Waals surface area contributed by atoms with Crippen LogP contribution in [-0.2, 0) is 4.79 Å². The lowest BCUT2D eigenvalue weighted by Gasteiger charge is -2.21. The lowest BCUT2D eigenvalue weighted by atomic mass is 10.00. The molecule has 0 radical (unpaired) electrons. The summed E-state index contributed by atoms with van der Waals surface area (Å²) in [7, 11) is 1.66. The molecule has 3 N–H and O–H groups in total. The van der Waals surface area contributed by atoms with E-state index in [1.54, 1.807) is 13.1 Å². The Morgan fingerprint density at radius 2 is 2.37 bits per heavy atom. The molecule has 1 heterocycles. The number of amides is 1. The number of hydrogen-bond acceptors (Lipinski definition) is 4. The first-order valence-electron chi connectivity index (χ1n) is 6.16. The molecular formula is C13H17FN2O3. The van der Waals surface area contributed by atoms with Gasteiger partial charge in [-0.25, -0.2) is 4.39 Å². The van der Waals surface area contributed by atoms with E-state index < -0.39 is 18.0 Å². The Kier molecular flexibility index (Phi) is 4.34. The molecule has 19 heavy (non-hydrogen) atoms. The number of ether oxygens (including phenoxy) is 1. The van der Waals surface area contributed by atoms with Crippen LogP contribution in [0.2, 0.25) is 0 Å². The SMILES string of the molecule is CNCC(=O)NC1CCOc2c(F)cccc2C1O. The van der Waals surface area contributed by atoms with Gasteiger partial charge in [-0.2, -0.15) is 0 Å². The van der Waals surface area contributed by atoms with Crippen molar-refractivity contribution >= 4 is 5.91 Å². The molecular weight excluding hydrogens is 251 g/mol. The van der Waals surface area contributed by atoms with Crippen molar-refractivity contribution in [3.8, 4) is 5.75 Å². The number of carbonyl (C=O) groups is 1. The molecule has 1 amide bonds. The van der Waals surface area contributed by atoms with Crippen molar-refractivity contribution in [1.29, 1.82) is 0 Å². The monoisotopic (exact) mass is 268 g/mol. The summed E-state index contributed by atoms with van der Waals surface area (Å²) in [5.41, 5.74) is 0.368. The van der Waals surface area contributed by atoms with E-state index in [1.807, 2.05) is 0 Å². The van der Waals surface area contributed by atoms with Gasteiger partial charge in [0.25, 0.3) is 0 Å². The van der Waals surface area contributed by atoms with Crippen LogP contribution in [0.1, 0.15) is 18.1 Å². The molecule has 0 spiro atoms. The maximum atomic E-state index is 13.6. The molecule has 0 aliphatic carbocycles. The number of hydrogen-bond donors (Lipinski definition) is 3. The molecule has 1 aliphatic rings. The Balaban J connectivity index is 2.19. The van der Waals surface area contributed by atoms with Crippen molar-refractivity contribution in [1.82, 2.24) is 10.6 Å². The minimum atomic E-state index is -0.978. The largest absolute Gasteiger partial charge is 0.490 e. The molecule has 0 fully saturated rings. The van der Waals surface area contributed by atoms with E-state index in [0.717, 1.165) is 0 Å². The van der Waals surface area contributed by atoms with Crippen LogP contribution in [0.15, 0.2) is 18.2 Å². The quantitative estimate of drug-likeness (QED) is 0.739. The van der Waals surface area contributed by atoms with Crippen LogP contribution in [0.3, 0.4) is 0 Å². The van der Waals surface area contributed by atoms with E-state index >= 15 is 0 Å². The van der Waals surface area contributed by atoms with Gasteiger partial charge < -0.3 is 20.5 Å². The standard InChI is InChI=1S/C13H17FN2O3/c1-15-7-11(17)16-10-5-6-19-13-8(12(10)18)3-2-4-9(13)14/h2-4,10,12,15,18H,5-7H2,1H3,(H,16,17). The van der Waals surface area contributed by atoms with Gasteiger partial charge in [-0.15, -0.1) is 0 Å². The third-order valence-corrected chi connectivity index (χ3v) is 3.06. The van der Waals surface area contributed by atoms with Gasteiger partial charge in [-0.3, -0.25) is 4.79 Å². The topological polar surface area (TPSA) is 70.6 Å². The second kappa shape index (κ2) is 5.99. The number of nitrogens with one attached hydrogen (secondary N) is 2. The molecule has 2 unspecified atom stereocenters. The van der Waals surface area contributed by atoms with E-state index in [0.29, 0.717) is 12.0 Å². The van der Waals surface area contributed by atoms with Crippen LogP contribution >= 0.6 is 0 Å². The Morgan fingerprint density at radius 3 is 3.11 bits per heavy atom. The number of aliphatic hydroxyl groups is 1. The number of benzene rings is 1. The molecule has 2 rings (SSSR count).